The van der Waals surface area contributed by atoms with Crippen LogP contribution in [0.3, 0.4) is 0 Å². The van der Waals surface area contributed by atoms with Crippen LogP contribution >= 0.6 is 0 Å². The third-order valence-corrected chi connectivity index (χ3v) is 5.37. The van der Waals surface area contributed by atoms with E-state index in [1.807, 2.05) is 13.0 Å². The smallest absolute Gasteiger partial charge is 0.251 e. The summed E-state index contributed by atoms with van der Waals surface area (Å²) in [5.41, 5.74) is 2.20. The molecule has 1 aromatic carbocycles. The highest BCUT2D eigenvalue weighted by Gasteiger charge is 2.32. The van der Waals surface area contributed by atoms with Crippen LogP contribution < -0.4 is 9.62 Å². The van der Waals surface area contributed by atoms with Crippen LogP contribution in [0, 0.1) is 5.92 Å². The molecule has 0 spiro atoms. The number of amides is 1. The molecule has 0 aliphatic carbocycles. The van der Waals surface area contributed by atoms with Gasteiger partial charge in [-0.1, -0.05) is 13.8 Å². The average molecular weight is 338 g/mol. The number of benzene rings is 1. The van der Waals surface area contributed by atoms with E-state index in [1.54, 1.807) is 12.1 Å². The van der Waals surface area contributed by atoms with Crippen LogP contribution in [0.25, 0.3) is 0 Å². The first-order valence-electron chi connectivity index (χ1n) is 8.10. The van der Waals surface area contributed by atoms with Gasteiger partial charge in [-0.2, -0.15) is 0 Å². The van der Waals surface area contributed by atoms with Crippen molar-refractivity contribution in [3.05, 3.63) is 29.3 Å². The van der Waals surface area contributed by atoms with E-state index in [1.165, 1.54) is 10.6 Å². The van der Waals surface area contributed by atoms with Crippen LogP contribution in [-0.2, 0) is 16.4 Å². The molecule has 1 atom stereocenters. The number of carbonyl (C=O) groups is 1. The number of carbonyl (C=O) groups excluding carboxylic acids is 1. The minimum atomic E-state index is -3.29. The van der Waals surface area contributed by atoms with Gasteiger partial charge in [0.05, 0.1) is 11.9 Å². The predicted molar refractivity (Wildman–Crippen MR) is 93.3 cm³/mol. The molecule has 1 heterocycles. The summed E-state index contributed by atoms with van der Waals surface area (Å²) >= 11 is 0. The van der Waals surface area contributed by atoms with Gasteiger partial charge in [-0.3, -0.25) is 9.10 Å². The lowest BCUT2D eigenvalue weighted by Gasteiger charge is -2.21. The van der Waals surface area contributed by atoms with E-state index in [-0.39, 0.29) is 11.9 Å². The van der Waals surface area contributed by atoms with Crippen molar-refractivity contribution in [2.24, 2.45) is 5.92 Å². The van der Waals surface area contributed by atoms with Crippen LogP contribution in [0.4, 0.5) is 5.69 Å². The molecule has 0 saturated carbocycles. The summed E-state index contributed by atoms with van der Waals surface area (Å²) < 4.78 is 25.2. The predicted octanol–water partition coefficient (Wildman–Crippen LogP) is 2.56. The van der Waals surface area contributed by atoms with Gasteiger partial charge in [-0.15, -0.1) is 0 Å². The fourth-order valence-electron chi connectivity index (χ4n) is 3.06. The Bertz CT molecular complexity index is 683. The summed E-state index contributed by atoms with van der Waals surface area (Å²) in [5, 5.41) is 2.93. The maximum absolute atomic E-state index is 12.2. The zero-order valence-corrected chi connectivity index (χ0v) is 15.1. The molecule has 0 fully saturated rings. The monoisotopic (exact) mass is 338 g/mol. The van der Waals surface area contributed by atoms with Crippen LogP contribution in [0.15, 0.2) is 18.2 Å². The number of anilines is 1. The van der Waals surface area contributed by atoms with Crippen LogP contribution in [0.5, 0.6) is 0 Å². The highest BCUT2D eigenvalue weighted by molar-refractivity contribution is 7.92. The lowest BCUT2D eigenvalue weighted by atomic mass is 10.1. The van der Waals surface area contributed by atoms with E-state index in [4.69, 9.17) is 0 Å². The first kappa shape index (κ1) is 17.8. The highest BCUT2D eigenvalue weighted by Crippen LogP contribution is 2.34. The summed E-state index contributed by atoms with van der Waals surface area (Å²) in [6.07, 6.45) is 3.91. The van der Waals surface area contributed by atoms with E-state index in [2.05, 4.69) is 19.2 Å². The summed E-state index contributed by atoms with van der Waals surface area (Å²) in [5.74, 6) is 0.539. The molecule has 0 unspecified atom stereocenters. The molecule has 1 aromatic rings. The van der Waals surface area contributed by atoms with E-state index in [0.29, 0.717) is 30.1 Å². The molecule has 0 saturated heterocycles. The molecule has 6 heteroatoms. The number of nitrogens with zero attached hydrogens (tertiary/aromatic N) is 1. The molecule has 0 aromatic heterocycles. The minimum absolute atomic E-state index is 0.0954. The second kappa shape index (κ2) is 6.91. The van der Waals surface area contributed by atoms with Gasteiger partial charge < -0.3 is 5.32 Å². The van der Waals surface area contributed by atoms with Gasteiger partial charge in [0.1, 0.15) is 0 Å². The second-order valence-electron chi connectivity index (χ2n) is 6.75. The normalized spacial score (nSPS) is 17.4. The fourth-order valence-corrected chi connectivity index (χ4v) is 4.33. The number of hydrogen-bond donors (Lipinski definition) is 1. The lowest BCUT2D eigenvalue weighted by Crippen LogP contribution is -2.34. The Morgan fingerprint density at radius 2 is 2.09 bits per heavy atom. The van der Waals surface area contributed by atoms with Gasteiger partial charge in [-0.25, -0.2) is 8.42 Å². The third-order valence-electron chi connectivity index (χ3n) is 4.10. The van der Waals surface area contributed by atoms with Crippen molar-refractivity contribution >= 4 is 21.6 Å². The molecule has 1 aliphatic heterocycles. The maximum atomic E-state index is 12.2. The van der Waals surface area contributed by atoms with E-state index >= 15 is 0 Å². The summed E-state index contributed by atoms with van der Waals surface area (Å²) in [4.78, 5) is 12.2. The zero-order chi connectivity index (χ0) is 17.2. The lowest BCUT2D eigenvalue weighted by molar-refractivity contribution is 0.0952. The summed E-state index contributed by atoms with van der Waals surface area (Å²) in [6.45, 7) is 6.88. The van der Waals surface area contributed by atoms with Crippen molar-refractivity contribution in [3.8, 4) is 0 Å². The highest BCUT2D eigenvalue weighted by atomic mass is 32.2. The molecule has 128 valence electrons. The Morgan fingerprint density at radius 3 is 2.70 bits per heavy atom. The molecule has 2 rings (SSSR count). The van der Waals surface area contributed by atoms with Crippen molar-refractivity contribution < 1.29 is 13.2 Å². The van der Waals surface area contributed by atoms with E-state index < -0.39 is 10.0 Å². The number of rotatable bonds is 6. The first-order chi connectivity index (χ1) is 10.7. The van der Waals surface area contributed by atoms with Gasteiger partial charge >= 0.3 is 0 Å². The standard InChI is InChI=1S/C17H26N2O3S/c1-12(2)6-5-9-18-17(20)14-7-8-16-15(11-14)10-13(3)19(16)23(4,21)22/h7-8,11-13H,5-6,9-10H2,1-4H3,(H,18,20)/t13-/m1/s1. The number of hydrogen-bond acceptors (Lipinski definition) is 3. The van der Waals surface area contributed by atoms with Crippen molar-refractivity contribution in [1.29, 1.82) is 0 Å². The van der Waals surface area contributed by atoms with Gasteiger partial charge in [0.15, 0.2) is 0 Å². The van der Waals surface area contributed by atoms with E-state index in [9.17, 15) is 13.2 Å². The van der Waals surface area contributed by atoms with Crippen molar-refractivity contribution in [1.82, 2.24) is 5.32 Å². The number of fused-ring (bicyclic) bond motifs is 1. The van der Waals surface area contributed by atoms with Gasteiger partial charge in [-0.05, 0) is 55.9 Å². The Labute approximate surface area is 139 Å². The molecular formula is C17H26N2O3S. The molecule has 1 amide bonds. The van der Waals surface area contributed by atoms with Crippen LogP contribution in [-0.4, -0.2) is 33.2 Å². The molecule has 5 nitrogen and oxygen atoms in total. The topological polar surface area (TPSA) is 66.5 Å². The third kappa shape index (κ3) is 4.25. The second-order valence-corrected chi connectivity index (χ2v) is 8.61. The Hall–Kier alpha value is -1.56. The molecule has 0 radical (unpaired) electrons. The van der Waals surface area contributed by atoms with Gasteiger partial charge in [0.25, 0.3) is 5.91 Å². The molecular weight excluding hydrogens is 312 g/mol. The largest absolute Gasteiger partial charge is 0.352 e. The van der Waals surface area contributed by atoms with Crippen LogP contribution in [0.1, 0.15) is 49.5 Å². The summed E-state index contributed by atoms with van der Waals surface area (Å²) in [6, 6.07) is 5.15. The Kier molecular flexibility index (Phi) is 5.34. The van der Waals surface area contributed by atoms with Crippen molar-refractivity contribution in [2.75, 3.05) is 17.1 Å². The summed E-state index contributed by atoms with van der Waals surface area (Å²) in [7, 11) is -3.29. The molecule has 1 N–H and O–H groups in total. The SMILES string of the molecule is CC(C)CCCNC(=O)c1ccc2c(c1)C[C@@H](C)N2S(C)(=O)=O. The molecule has 0 bridgehead atoms. The zero-order valence-electron chi connectivity index (χ0n) is 14.3. The van der Waals surface area contributed by atoms with Crippen molar-refractivity contribution in [2.45, 2.75) is 46.1 Å². The van der Waals surface area contributed by atoms with Gasteiger partial charge in [0, 0.05) is 18.2 Å². The molecule has 1 aliphatic rings. The first-order valence-corrected chi connectivity index (χ1v) is 9.95. The Balaban J connectivity index is 2.08. The number of sulfonamides is 1. The maximum Gasteiger partial charge on any atom is 0.251 e. The fraction of sp³-hybridized carbons (Fsp3) is 0.588. The molecule has 23 heavy (non-hydrogen) atoms. The minimum Gasteiger partial charge on any atom is -0.352 e. The van der Waals surface area contributed by atoms with Gasteiger partial charge in [0.2, 0.25) is 10.0 Å². The average Bonchev–Trinajstić information content (AvgIpc) is 2.77. The van der Waals surface area contributed by atoms with Crippen LogP contribution in [0.2, 0.25) is 0 Å². The Morgan fingerprint density at radius 1 is 1.39 bits per heavy atom. The number of nitrogens with one attached hydrogen (secondary N) is 1. The van der Waals surface area contributed by atoms with Crippen molar-refractivity contribution in [3.63, 3.8) is 0 Å². The quantitative estimate of drug-likeness (QED) is 0.811. The van der Waals surface area contributed by atoms with E-state index in [0.717, 1.165) is 18.4 Å².